The third-order valence-electron chi connectivity index (χ3n) is 6.97. The van der Waals surface area contributed by atoms with Crippen molar-refractivity contribution in [2.24, 2.45) is 0 Å². The number of nitrogens with zero attached hydrogens (tertiary/aromatic N) is 5. The molecule has 1 aromatic heterocycles. The minimum atomic E-state index is 0.0875. The summed E-state index contributed by atoms with van der Waals surface area (Å²) in [5, 5.41) is 6.85. The molecular weight excluding hydrogens is 512 g/mol. The zero-order valence-electron chi connectivity index (χ0n) is 20.0. The minimum Gasteiger partial charge on any atom is -0.369 e. The van der Waals surface area contributed by atoms with Gasteiger partial charge in [0.15, 0.2) is 5.13 Å². The van der Waals surface area contributed by atoms with Crippen molar-refractivity contribution in [2.75, 3.05) is 73.6 Å². The van der Waals surface area contributed by atoms with E-state index in [1.807, 2.05) is 22.4 Å². The third kappa shape index (κ3) is 5.08. The Balaban J connectivity index is 1.10. The summed E-state index contributed by atoms with van der Waals surface area (Å²) in [6, 6.07) is 14.6. The van der Waals surface area contributed by atoms with Gasteiger partial charge in [-0.25, -0.2) is 9.29 Å². The molecular formula is C26H29ClN6OS2. The molecule has 1 N–H and O–H groups in total. The van der Waals surface area contributed by atoms with E-state index in [0.717, 1.165) is 87.4 Å². The fourth-order valence-electron chi connectivity index (χ4n) is 5.07. The minimum absolute atomic E-state index is 0.0875. The Bertz CT molecular complexity index is 1240. The van der Waals surface area contributed by atoms with Crippen LogP contribution in [-0.4, -0.2) is 74.1 Å². The highest BCUT2D eigenvalue weighted by Crippen LogP contribution is 2.35. The molecule has 36 heavy (non-hydrogen) atoms. The van der Waals surface area contributed by atoms with Gasteiger partial charge in [0.1, 0.15) is 5.15 Å². The van der Waals surface area contributed by atoms with Crippen molar-refractivity contribution >= 4 is 57.3 Å². The largest absolute Gasteiger partial charge is 0.369 e. The highest BCUT2D eigenvalue weighted by atomic mass is 35.5. The number of nitrogens with one attached hydrogen (secondary N) is 1. The second-order valence-corrected chi connectivity index (χ2v) is 11.6. The molecule has 4 heterocycles. The quantitative estimate of drug-likeness (QED) is 0.486. The van der Waals surface area contributed by atoms with Crippen LogP contribution >= 0.6 is 34.9 Å². The molecule has 3 aliphatic heterocycles. The molecule has 2 aromatic carbocycles. The Hall–Kier alpha value is -2.30. The normalized spacial score (nSPS) is 18.5. The number of benzene rings is 2. The molecule has 3 aliphatic rings. The molecule has 0 saturated carbocycles. The molecule has 0 unspecified atom stereocenters. The average Bonchev–Trinajstić information content (AvgIpc) is 3.55. The van der Waals surface area contributed by atoms with Crippen LogP contribution in [-0.2, 0) is 6.42 Å². The summed E-state index contributed by atoms with van der Waals surface area (Å²) in [6.07, 6.45) is 0.894. The number of halogens is 1. The standard InChI is InChI=1S/C26H29ClN6OS2/c27-24-18-35-26(29-24)31-12-14-32(15-13-31)36-22-4-5-23-19(17-22)6-9-33(23)25(34)20-2-1-3-21(16-20)30-10-7-28-8-11-30/h1-5,16-18,28H,6-15H2. The Kier molecular flexibility index (Phi) is 7.08. The number of carbonyl (C=O) groups excluding carboxylic acids is 1. The maximum absolute atomic E-state index is 13.5. The number of anilines is 3. The lowest BCUT2D eigenvalue weighted by molar-refractivity contribution is 0.0989. The Morgan fingerprint density at radius 1 is 0.972 bits per heavy atom. The highest BCUT2D eigenvalue weighted by molar-refractivity contribution is 7.97. The first kappa shape index (κ1) is 24.1. The number of aromatic nitrogens is 1. The molecule has 0 bridgehead atoms. The summed E-state index contributed by atoms with van der Waals surface area (Å²) in [5.74, 6) is 0.0875. The molecule has 10 heteroatoms. The maximum atomic E-state index is 13.5. The molecule has 3 aromatic rings. The van der Waals surface area contributed by atoms with E-state index in [1.54, 1.807) is 23.3 Å². The van der Waals surface area contributed by atoms with Gasteiger partial charge in [-0.15, -0.1) is 11.3 Å². The van der Waals surface area contributed by atoms with Crippen molar-refractivity contribution in [1.82, 2.24) is 14.6 Å². The Morgan fingerprint density at radius 3 is 2.58 bits per heavy atom. The van der Waals surface area contributed by atoms with Crippen LogP contribution in [0.25, 0.3) is 0 Å². The van der Waals surface area contributed by atoms with Crippen LogP contribution < -0.4 is 20.0 Å². The van der Waals surface area contributed by atoms with Crippen LogP contribution in [0.3, 0.4) is 0 Å². The fraction of sp³-hybridized carbons (Fsp3) is 0.385. The monoisotopic (exact) mass is 540 g/mol. The number of piperazine rings is 2. The van der Waals surface area contributed by atoms with Crippen LogP contribution in [0.2, 0.25) is 5.15 Å². The van der Waals surface area contributed by atoms with Crippen LogP contribution in [0.1, 0.15) is 15.9 Å². The van der Waals surface area contributed by atoms with Crippen molar-refractivity contribution in [1.29, 1.82) is 0 Å². The third-order valence-corrected chi connectivity index (χ3v) is 9.29. The fourth-order valence-corrected chi connectivity index (χ4v) is 7.04. The summed E-state index contributed by atoms with van der Waals surface area (Å²) < 4.78 is 2.41. The first-order chi connectivity index (χ1) is 17.6. The van der Waals surface area contributed by atoms with Gasteiger partial charge in [0.25, 0.3) is 5.91 Å². The lowest BCUT2D eigenvalue weighted by atomic mass is 10.1. The predicted molar refractivity (Wildman–Crippen MR) is 150 cm³/mol. The first-order valence-electron chi connectivity index (χ1n) is 12.4. The van der Waals surface area contributed by atoms with E-state index in [-0.39, 0.29) is 5.91 Å². The van der Waals surface area contributed by atoms with Gasteiger partial charge in [-0.05, 0) is 60.3 Å². The van der Waals surface area contributed by atoms with Crippen molar-refractivity contribution in [3.05, 3.63) is 64.1 Å². The number of hydrogen-bond acceptors (Lipinski definition) is 8. The molecule has 0 radical (unpaired) electrons. The van der Waals surface area contributed by atoms with Crippen LogP contribution in [0.5, 0.6) is 0 Å². The number of hydrogen-bond donors (Lipinski definition) is 1. The average molecular weight is 541 g/mol. The number of rotatable bonds is 5. The van der Waals surface area contributed by atoms with E-state index in [4.69, 9.17) is 11.6 Å². The second kappa shape index (κ2) is 10.6. The van der Waals surface area contributed by atoms with Gasteiger partial charge in [-0.2, -0.15) is 0 Å². The molecule has 6 rings (SSSR count). The van der Waals surface area contributed by atoms with E-state index < -0.39 is 0 Å². The molecule has 0 atom stereocenters. The second-order valence-electron chi connectivity index (χ2n) is 9.24. The van der Waals surface area contributed by atoms with Crippen molar-refractivity contribution in [2.45, 2.75) is 11.3 Å². The van der Waals surface area contributed by atoms with Gasteiger partial charge >= 0.3 is 0 Å². The van der Waals surface area contributed by atoms with Gasteiger partial charge in [0, 0.05) is 86.1 Å². The molecule has 0 aliphatic carbocycles. The summed E-state index contributed by atoms with van der Waals surface area (Å²) in [7, 11) is 0. The van der Waals surface area contributed by atoms with E-state index in [9.17, 15) is 4.79 Å². The summed E-state index contributed by atoms with van der Waals surface area (Å²) in [4.78, 5) is 25.7. The summed E-state index contributed by atoms with van der Waals surface area (Å²) in [6.45, 7) is 8.45. The maximum Gasteiger partial charge on any atom is 0.258 e. The zero-order valence-corrected chi connectivity index (χ0v) is 22.4. The predicted octanol–water partition coefficient (Wildman–Crippen LogP) is 4.24. The summed E-state index contributed by atoms with van der Waals surface area (Å²) >= 11 is 9.41. The van der Waals surface area contributed by atoms with E-state index >= 15 is 0 Å². The number of amides is 1. The topological polar surface area (TPSA) is 55.0 Å². The zero-order chi connectivity index (χ0) is 24.5. The van der Waals surface area contributed by atoms with E-state index in [0.29, 0.717) is 5.15 Å². The smallest absolute Gasteiger partial charge is 0.258 e. The summed E-state index contributed by atoms with van der Waals surface area (Å²) in [5.41, 5.74) is 4.19. The molecule has 188 valence electrons. The van der Waals surface area contributed by atoms with Crippen LogP contribution in [0.15, 0.2) is 52.7 Å². The van der Waals surface area contributed by atoms with Crippen molar-refractivity contribution in [3.8, 4) is 0 Å². The van der Waals surface area contributed by atoms with Crippen LogP contribution in [0, 0.1) is 0 Å². The van der Waals surface area contributed by atoms with E-state index in [2.05, 4.69) is 54.7 Å². The first-order valence-corrected chi connectivity index (χ1v) is 14.5. The van der Waals surface area contributed by atoms with Gasteiger partial charge in [-0.1, -0.05) is 17.7 Å². The number of thiazole rings is 1. The SMILES string of the molecule is O=C(c1cccc(N2CCNCC2)c1)N1CCc2cc(SN3CCN(c4nc(Cl)cs4)CC3)ccc21. The van der Waals surface area contributed by atoms with Gasteiger partial charge in [-0.3, -0.25) is 4.79 Å². The van der Waals surface area contributed by atoms with Gasteiger partial charge in [0.2, 0.25) is 0 Å². The molecule has 0 spiro atoms. The van der Waals surface area contributed by atoms with Crippen LogP contribution in [0.4, 0.5) is 16.5 Å². The number of carbonyl (C=O) groups is 1. The molecule has 2 saturated heterocycles. The Labute approximate surface area is 225 Å². The van der Waals surface area contributed by atoms with E-state index in [1.165, 1.54) is 10.5 Å². The lowest BCUT2D eigenvalue weighted by Crippen LogP contribution is -2.43. The lowest BCUT2D eigenvalue weighted by Gasteiger charge is -2.33. The molecule has 1 amide bonds. The molecule has 7 nitrogen and oxygen atoms in total. The van der Waals surface area contributed by atoms with Gasteiger partial charge < -0.3 is 20.0 Å². The molecule has 2 fully saturated rings. The Morgan fingerprint density at radius 2 is 1.81 bits per heavy atom. The highest BCUT2D eigenvalue weighted by Gasteiger charge is 2.27. The van der Waals surface area contributed by atoms with Crippen molar-refractivity contribution in [3.63, 3.8) is 0 Å². The number of fused-ring (bicyclic) bond motifs is 1. The van der Waals surface area contributed by atoms with Crippen molar-refractivity contribution < 1.29 is 4.79 Å². The van der Waals surface area contributed by atoms with Gasteiger partial charge in [0.05, 0.1) is 0 Å².